The molecule has 10 heteroatoms. The van der Waals surface area contributed by atoms with Gasteiger partial charge in [-0.3, -0.25) is 4.79 Å². The molecule has 1 amide bonds. The van der Waals surface area contributed by atoms with Crippen molar-refractivity contribution in [2.24, 2.45) is 0 Å². The van der Waals surface area contributed by atoms with Crippen LogP contribution in [0.1, 0.15) is 35.2 Å². The molecule has 2 aliphatic heterocycles. The molecular formula is C19H28BN3O6. The number of carboxylic acid groups (broad SMARTS) is 1. The highest BCUT2D eigenvalue weighted by Gasteiger charge is 2.38. The number of hydrogen-bond acceptors (Lipinski definition) is 7. The van der Waals surface area contributed by atoms with Gasteiger partial charge in [0.15, 0.2) is 0 Å². The molecule has 3 atom stereocenters. The Balaban J connectivity index is 1.48. The van der Waals surface area contributed by atoms with E-state index in [1.165, 1.54) is 6.07 Å². The molecule has 0 saturated carbocycles. The number of nitrogens with one attached hydrogen (secondary N) is 3. The van der Waals surface area contributed by atoms with Gasteiger partial charge in [0.25, 0.3) is 0 Å². The van der Waals surface area contributed by atoms with Crippen LogP contribution >= 0.6 is 0 Å². The van der Waals surface area contributed by atoms with E-state index in [9.17, 15) is 19.7 Å². The maximum atomic E-state index is 12.4. The fourth-order valence-electron chi connectivity index (χ4n) is 3.72. The van der Waals surface area contributed by atoms with Crippen molar-refractivity contribution in [1.29, 1.82) is 0 Å². The Kier molecular flexibility index (Phi) is 7.48. The molecule has 0 aromatic heterocycles. The summed E-state index contributed by atoms with van der Waals surface area (Å²) in [4.78, 5) is 23.7. The zero-order valence-corrected chi connectivity index (χ0v) is 16.5. The van der Waals surface area contributed by atoms with Crippen molar-refractivity contribution >= 4 is 19.0 Å². The number of hydrogen-bond donors (Lipinski definition) is 5. The van der Waals surface area contributed by atoms with Crippen LogP contribution in [0, 0.1) is 0 Å². The quantitative estimate of drug-likeness (QED) is 0.291. The highest BCUT2D eigenvalue weighted by Crippen LogP contribution is 2.30. The first-order valence-corrected chi connectivity index (χ1v) is 9.96. The lowest BCUT2D eigenvalue weighted by atomic mass is 9.72. The Labute approximate surface area is 170 Å². The summed E-state index contributed by atoms with van der Waals surface area (Å²) in [7, 11) is 0.603. The lowest BCUT2D eigenvalue weighted by molar-refractivity contribution is -0.125. The van der Waals surface area contributed by atoms with Crippen LogP contribution in [0.4, 0.5) is 0 Å². The summed E-state index contributed by atoms with van der Waals surface area (Å²) in [6, 6.07) is 5.09. The van der Waals surface area contributed by atoms with E-state index in [0.29, 0.717) is 24.6 Å². The number of amides is 1. The van der Waals surface area contributed by atoms with Crippen LogP contribution < -0.4 is 20.6 Å². The van der Waals surface area contributed by atoms with E-state index in [4.69, 9.17) is 9.39 Å². The Morgan fingerprint density at radius 1 is 1.28 bits per heavy atom. The minimum atomic E-state index is -1.31. The van der Waals surface area contributed by atoms with Gasteiger partial charge in [0.2, 0.25) is 5.91 Å². The van der Waals surface area contributed by atoms with Crippen molar-refractivity contribution in [3.8, 4) is 5.75 Å². The number of carbonyl (C=O) groups excluding carboxylic acids is 1. The number of likely N-dealkylation sites (N-methyl/N-ethyl adjacent to an activating group) is 1. The second-order valence-corrected chi connectivity index (χ2v) is 7.48. The van der Waals surface area contributed by atoms with Gasteiger partial charge in [0.1, 0.15) is 5.75 Å². The molecular weight excluding hydrogens is 377 g/mol. The van der Waals surface area contributed by atoms with Crippen LogP contribution in [0.15, 0.2) is 18.2 Å². The van der Waals surface area contributed by atoms with Gasteiger partial charge in [-0.2, -0.15) is 0 Å². The van der Waals surface area contributed by atoms with Crippen LogP contribution in [0.5, 0.6) is 5.75 Å². The molecule has 3 rings (SSSR count). The standard InChI is InChI=1S/C19H28BN3O6/c1-21-7-8-22-13-5-6-14(28-11-13)10-17(24)23-16-9-12-3-2-4-15(19(25)26)18(12)29-20(16)27/h2-4,13-14,16,21-22,27H,5-11H2,1H3,(H,23,24)(H,25,26). The highest BCUT2D eigenvalue weighted by atomic mass is 16.5. The molecule has 1 aromatic rings. The Morgan fingerprint density at radius 2 is 2.10 bits per heavy atom. The predicted octanol–water partition coefficient (Wildman–Crippen LogP) is -0.429. The number of benzene rings is 1. The Bertz CT molecular complexity index is 726. The third kappa shape index (κ3) is 5.69. The fourth-order valence-corrected chi connectivity index (χ4v) is 3.72. The zero-order valence-electron chi connectivity index (χ0n) is 16.5. The molecule has 5 N–H and O–H groups in total. The minimum absolute atomic E-state index is 0.000172. The molecule has 9 nitrogen and oxygen atoms in total. The van der Waals surface area contributed by atoms with Crippen LogP contribution in [-0.2, 0) is 16.0 Å². The van der Waals surface area contributed by atoms with Gasteiger partial charge in [-0.1, -0.05) is 12.1 Å². The molecule has 1 aromatic carbocycles. The first-order valence-electron chi connectivity index (χ1n) is 9.96. The Hall–Kier alpha value is -2.14. The number of para-hydroxylation sites is 1. The van der Waals surface area contributed by atoms with E-state index in [-0.39, 0.29) is 29.7 Å². The largest absolute Gasteiger partial charge is 0.547 e. The molecule has 2 aliphatic rings. The number of carbonyl (C=O) groups is 2. The van der Waals surface area contributed by atoms with Gasteiger partial charge in [-0.25, -0.2) is 4.79 Å². The van der Waals surface area contributed by atoms with E-state index in [1.807, 2.05) is 7.05 Å². The van der Waals surface area contributed by atoms with E-state index in [1.54, 1.807) is 12.1 Å². The van der Waals surface area contributed by atoms with Gasteiger partial charge in [-0.05, 0) is 37.9 Å². The maximum Gasteiger partial charge on any atom is 0.547 e. The molecule has 0 spiro atoms. The molecule has 1 saturated heterocycles. The van der Waals surface area contributed by atoms with E-state index >= 15 is 0 Å². The van der Waals surface area contributed by atoms with Gasteiger partial charge < -0.3 is 35.5 Å². The number of carboxylic acids is 1. The molecule has 2 heterocycles. The van der Waals surface area contributed by atoms with Gasteiger partial charge in [0, 0.05) is 19.1 Å². The van der Waals surface area contributed by atoms with Crippen LogP contribution in [0.25, 0.3) is 0 Å². The molecule has 158 valence electrons. The summed E-state index contributed by atoms with van der Waals surface area (Å²) < 4.78 is 11.2. The first kappa shape index (κ1) is 21.6. The molecule has 1 fully saturated rings. The van der Waals surface area contributed by atoms with Gasteiger partial charge in [0.05, 0.1) is 30.6 Å². The number of ether oxygens (including phenoxy) is 1. The summed E-state index contributed by atoms with van der Waals surface area (Å²) in [5.74, 6) is -1.82. The zero-order chi connectivity index (χ0) is 20.8. The minimum Gasteiger partial charge on any atom is -0.534 e. The summed E-state index contributed by atoms with van der Waals surface area (Å²) in [5.41, 5.74) is 0.643. The summed E-state index contributed by atoms with van der Waals surface area (Å²) in [6.45, 7) is 2.34. The third-order valence-corrected chi connectivity index (χ3v) is 5.29. The molecule has 0 bridgehead atoms. The van der Waals surface area contributed by atoms with Crippen molar-refractivity contribution in [3.05, 3.63) is 29.3 Å². The lowest BCUT2D eigenvalue weighted by Crippen LogP contribution is -2.53. The number of aromatic carboxylic acids is 1. The van der Waals surface area contributed by atoms with Crippen LogP contribution in [-0.4, -0.2) is 74.0 Å². The lowest BCUT2D eigenvalue weighted by Gasteiger charge is -2.31. The SMILES string of the molecule is CNCCNC1CCC(CC(=O)NC2Cc3cccc(C(=O)O)c3OB2O)OC1. The fraction of sp³-hybridized carbons (Fsp3) is 0.579. The van der Waals surface area contributed by atoms with Gasteiger partial charge in [-0.15, -0.1) is 0 Å². The average molecular weight is 405 g/mol. The van der Waals surface area contributed by atoms with Crippen molar-refractivity contribution in [1.82, 2.24) is 16.0 Å². The summed E-state index contributed by atoms with van der Waals surface area (Å²) in [6.07, 6.45) is 2.10. The summed E-state index contributed by atoms with van der Waals surface area (Å²) in [5, 5.41) is 28.8. The van der Waals surface area contributed by atoms with E-state index < -0.39 is 19.0 Å². The second kappa shape index (κ2) is 10.1. The second-order valence-electron chi connectivity index (χ2n) is 7.48. The van der Waals surface area contributed by atoms with Crippen molar-refractivity contribution < 1.29 is 29.1 Å². The number of rotatable bonds is 8. The monoisotopic (exact) mass is 405 g/mol. The highest BCUT2D eigenvalue weighted by molar-refractivity contribution is 6.47. The molecule has 0 aliphatic carbocycles. The molecule has 29 heavy (non-hydrogen) atoms. The predicted molar refractivity (Wildman–Crippen MR) is 107 cm³/mol. The van der Waals surface area contributed by atoms with E-state index in [2.05, 4.69) is 16.0 Å². The third-order valence-electron chi connectivity index (χ3n) is 5.29. The normalized spacial score (nSPS) is 23.8. The average Bonchev–Trinajstić information content (AvgIpc) is 2.69. The number of fused-ring (bicyclic) bond motifs is 1. The van der Waals surface area contributed by atoms with Crippen LogP contribution in [0.3, 0.4) is 0 Å². The molecule has 3 unspecified atom stereocenters. The summed E-state index contributed by atoms with van der Waals surface area (Å²) >= 11 is 0. The van der Waals surface area contributed by atoms with Crippen molar-refractivity contribution in [2.45, 2.75) is 43.8 Å². The Morgan fingerprint density at radius 3 is 2.79 bits per heavy atom. The smallest absolute Gasteiger partial charge is 0.534 e. The first-order chi connectivity index (χ1) is 14.0. The van der Waals surface area contributed by atoms with Crippen molar-refractivity contribution in [3.63, 3.8) is 0 Å². The van der Waals surface area contributed by atoms with Gasteiger partial charge >= 0.3 is 13.1 Å². The maximum absolute atomic E-state index is 12.4. The molecule has 0 radical (unpaired) electrons. The topological polar surface area (TPSA) is 129 Å². The van der Waals surface area contributed by atoms with Crippen LogP contribution in [0.2, 0.25) is 0 Å². The van der Waals surface area contributed by atoms with Crippen molar-refractivity contribution in [2.75, 3.05) is 26.7 Å². The van der Waals surface area contributed by atoms with E-state index in [0.717, 1.165) is 25.9 Å².